The van der Waals surface area contributed by atoms with Crippen LogP contribution in [-0.2, 0) is 4.74 Å². The first kappa shape index (κ1) is 14.6. The molecule has 3 nitrogen and oxygen atoms in total. The molecule has 0 radical (unpaired) electrons. The third kappa shape index (κ3) is 4.79. The van der Waals surface area contributed by atoms with Crippen LogP contribution < -0.4 is 4.74 Å². The van der Waals surface area contributed by atoms with Crippen LogP contribution in [0.3, 0.4) is 0 Å². The van der Waals surface area contributed by atoms with Crippen molar-refractivity contribution in [1.29, 1.82) is 0 Å². The summed E-state index contributed by atoms with van der Waals surface area (Å²) in [7, 11) is 1.70. The third-order valence-corrected chi connectivity index (χ3v) is 2.70. The van der Waals surface area contributed by atoms with Crippen molar-refractivity contribution in [2.45, 2.75) is 25.9 Å². The molecule has 1 rings (SSSR count). The Bertz CT molecular complexity index is 427. The van der Waals surface area contributed by atoms with E-state index in [0.717, 1.165) is 17.7 Å². The highest BCUT2D eigenvalue weighted by Gasteiger charge is 2.16. The van der Waals surface area contributed by atoms with Crippen molar-refractivity contribution in [1.82, 2.24) is 0 Å². The van der Waals surface area contributed by atoms with Crippen molar-refractivity contribution in [2.75, 3.05) is 20.3 Å². The van der Waals surface area contributed by atoms with Gasteiger partial charge in [0, 0.05) is 13.5 Å². The van der Waals surface area contributed by atoms with Crippen LogP contribution in [0.4, 0.5) is 0 Å². The monoisotopic (exact) mass is 248 g/mol. The van der Waals surface area contributed by atoms with Gasteiger partial charge in [-0.1, -0.05) is 24.0 Å². The zero-order valence-corrected chi connectivity index (χ0v) is 11.2. The van der Waals surface area contributed by atoms with E-state index in [9.17, 15) is 0 Å². The van der Waals surface area contributed by atoms with Gasteiger partial charge in [-0.25, -0.2) is 0 Å². The maximum absolute atomic E-state index is 8.70. The van der Waals surface area contributed by atoms with Gasteiger partial charge in [0.2, 0.25) is 0 Å². The van der Waals surface area contributed by atoms with E-state index >= 15 is 0 Å². The number of rotatable bonds is 5. The number of para-hydroxylation sites is 1. The van der Waals surface area contributed by atoms with E-state index in [1.54, 1.807) is 7.11 Å². The Labute approximate surface area is 109 Å². The van der Waals surface area contributed by atoms with Crippen LogP contribution in [0, 0.1) is 11.8 Å². The number of aliphatic hydroxyl groups excluding tert-OH is 1. The van der Waals surface area contributed by atoms with E-state index in [-0.39, 0.29) is 12.2 Å². The van der Waals surface area contributed by atoms with E-state index < -0.39 is 0 Å². The molecule has 0 bridgehead atoms. The lowest BCUT2D eigenvalue weighted by Gasteiger charge is -2.22. The summed E-state index contributed by atoms with van der Waals surface area (Å²) in [5.41, 5.74) is 0.605. The molecule has 1 N–H and O–H groups in total. The molecule has 0 unspecified atom stereocenters. The first-order valence-electron chi connectivity index (χ1n) is 5.96. The van der Waals surface area contributed by atoms with Crippen LogP contribution >= 0.6 is 0 Å². The van der Waals surface area contributed by atoms with Gasteiger partial charge in [0.05, 0.1) is 17.8 Å². The molecule has 0 saturated heterocycles. The molecule has 1 aromatic rings. The molecule has 0 amide bonds. The van der Waals surface area contributed by atoms with Crippen LogP contribution in [0.1, 0.15) is 25.8 Å². The lowest BCUT2D eigenvalue weighted by Crippen LogP contribution is -2.25. The lowest BCUT2D eigenvalue weighted by molar-refractivity contribution is 0.00543. The van der Waals surface area contributed by atoms with Crippen molar-refractivity contribution < 1.29 is 14.6 Å². The molecular formula is C15H20O3. The summed E-state index contributed by atoms with van der Waals surface area (Å²) in [6.45, 7) is 4.46. The fraction of sp³-hybridized carbons (Fsp3) is 0.467. The quantitative estimate of drug-likeness (QED) is 0.812. The van der Waals surface area contributed by atoms with Crippen molar-refractivity contribution in [2.24, 2.45) is 0 Å². The van der Waals surface area contributed by atoms with Gasteiger partial charge in [0.25, 0.3) is 0 Å². The Morgan fingerprint density at radius 3 is 2.67 bits per heavy atom. The number of methoxy groups -OCH3 is 1. The summed E-state index contributed by atoms with van der Waals surface area (Å²) in [5, 5.41) is 8.70. The molecule has 98 valence electrons. The molecule has 0 heterocycles. The Morgan fingerprint density at radius 1 is 1.28 bits per heavy atom. The number of aliphatic hydroxyl groups is 1. The predicted molar refractivity (Wildman–Crippen MR) is 71.6 cm³/mol. The number of benzene rings is 1. The standard InChI is InChI=1S/C15H20O3/c1-15(2,17-3)10-12-18-14-9-5-4-7-13(14)8-6-11-16/h4-5,7,9,16H,10-12H2,1-3H3. The van der Waals surface area contributed by atoms with Gasteiger partial charge in [0.1, 0.15) is 12.4 Å². The second-order valence-corrected chi connectivity index (χ2v) is 4.52. The molecule has 0 saturated carbocycles. The molecule has 1 aromatic carbocycles. The number of hydrogen-bond acceptors (Lipinski definition) is 3. The highest BCUT2D eigenvalue weighted by atomic mass is 16.5. The van der Waals surface area contributed by atoms with Crippen LogP contribution in [0.5, 0.6) is 5.75 Å². The van der Waals surface area contributed by atoms with Gasteiger partial charge in [-0.3, -0.25) is 0 Å². The zero-order chi connectivity index (χ0) is 13.4. The van der Waals surface area contributed by atoms with Crippen molar-refractivity contribution >= 4 is 0 Å². The summed E-state index contributed by atoms with van der Waals surface area (Å²) < 4.78 is 11.0. The Morgan fingerprint density at radius 2 is 2.00 bits per heavy atom. The maximum atomic E-state index is 8.70. The molecule has 3 heteroatoms. The molecule has 0 aliphatic carbocycles. The summed E-state index contributed by atoms with van der Waals surface area (Å²) in [6, 6.07) is 7.55. The molecule has 0 aliphatic heterocycles. The molecule has 0 fully saturated rings. The minimum absolute atomic E-state index is 0.148. The van der Waals surface area contributed by atoms with Crippen LogP contribution in [0.2, 0.25) is 0 Å². The highest BCUT2D eigenvalue weighted by molar-refractivity contribution is 5.45. The van der Waals surface area contributed by atoms with E-state index in [2.05, 4.69) is 11.8 Å². The zero-order valence-electron chi connectivity index (χ0n) is 11.2. The fourth-order valence-electron chi connectivity index (χ4n) is 1.34. The second-order valence-electron chi connectivity index (χ2n) is 4.52. The van der Waals surface area contributed by atoms with E-state index in [1.165, 1.54) is 0 Å². The van der Waals surface area contributed by atoms with Gasteiger partial charge in [-0.05, 0) is 26.0 Å². The average Bonchev–Trinajstić information content (AvgIpc) is 2.37. The Balaban J connectivity index is 2.62. The molecule has 0 spiro atoms. The maximum Gasteiger partial charge on any atom is 0.134 e. The minimum atomic E-state index is -0.189. The smallest absolute Gasteiger partial charge is 0.134 e. The van der Waals surface area contributed by atoms with Crippen LogP contribution in [0.15, 0.2) is 24.3 Å². The summed E-state index contributed by atoms with van der Waals surface area (Å²) in [5.74, 6) is 6.23. The normalized spacial score (nSPS) is 10.7. The first-order valence-corrected chi connectivity index (χ1v) is 5.96. The largest absolute Gasteiger partial charge is 0.492 e. The van der Waals surface area contributed by atoms with Crippen LogP contribution in [0.25, 0.3) is 0 Å². The van der Waals surface area contributed by atoms with Gasteiger partial charge in [-0.15, -0.1) is 0 Å². The van der Waals surface area contributed by atoms with Gasteiger partial charge in [0.15, 0.2) is 0 Å². The summed E-state index contributed by atoms with van der Waals surface area (Å²) >= 11 is 0. The SMILES string of the molecule is COC(C)(C)CCOc1ccccc1C#CCO. The molecule has 0 aromatic heterocycles. The lowest BCUT2D eigenvalue weighted by atomic mass is 10.1. The Kier molecular flexibility index (Phi) is 5.70. The second kappa shape index (κ2) is 7.05. The van der Waals surface area contributed by atoms with Gasteiger partial charge < -0.3 is 14.6 Å². The Hall–Kier alpha value is -1.50. The summed E-state index contributed by atoms with van der Waals surface area (Å²) in [6.07, 6.45) is 0.797. The molecular weight excluding hydrogens is 228 g/mol. The molecule has 0 aliphatic rings. The number of ether oxygens (including phenoxy) is 2. The number of hydrogen-bond donors (Lipinski definition) is 1. The minimum Gasteiger partial charge on any atom is -0.492 e. The van der Waals surface area contributed by atoms with Gasteiger partial charge in [-0.2, -0.15) is 0 Å². The molecule has 0 atom stereocenters. The third-order valence-electron chi connectivity index (χ3n) is 2.70. The van der Waals surface area contributed by atoms with E-state index in [4.69, 9.17) is 14.6 Å². The first-order chi connectivity index (χ1) is 8.59. The fourth-order valence-corrected chi connectivity index (χ4v) is 1.34. The van der Waals surface area contributed by atoms with Crippen molar-refractivity contribution in [3.05, 3.63) is 29.8 Å². The summed E-state index contributed by atoms with van der Waals surface area (Å²) in [4.78, 5) is 0. The van der Waals surface area contributed by atoms with Crippen molar-refractivity contribution in [3.8, 4) is 17.6 Å². The highest BCUT2D eigenvalue weighted by Crippen LogP contribution is 2.19. The predicted octanol–water partition coefficient (Wildman–Crippen LogP) is 2.22. The van der Waals surface area contributed by atoms with E-state index in [1.807, 2.05) is 38.1 Å². The molecule has 18 heavy (non-hydrogen) atoms. The van der Waals surface area contributed by atoms with Crippen molar-refractivity contribution in [3.63, 3.8) is 0 Å². The van der Waals surface area contributed by atoms with Crippen LogP contribution in [-0.4, -0.2) is 31.0 Å². The van der Waals surface area contributed by atoms with E-state index in [0.29, 0.717) is 6.61 Å². The topological polar surface area (TPSA) is 38.7 Å². The van der Waals surface area contributed by atoms with Gasteiger partial charge >= 0.3 is 0 Å². The average molecular weight is 248 g/mol.